The van der Waals surface area contributed by atoms with E-state index >= 15 is 0 Å². The highest BCUT2D eigenvalue weighted by Crippen LogP contribution is 2.37. The molecule has 0 N–H and O–H groups in total. The van der Waals surface area contributed by atoms with E-state index in [9.17, 15) is 14.0 Å². The summed E-state index contributed by atoms with van der Waals surface area (Å²) in [6, 6.07) is 3.55. The Kier molecular flexibility index (Phi) is 5.09. The van der Waals surface area contributed by atoms with Crippen molar-refractivity contribution in [1.82, 2.24) is 9.80 Å². The number of likely N-dealkylation sites (N-methyl/N-ethyl adjacent to an activating group) is 1. The third kappa shape index (κ3) is 3.10. The monoisotopic (exact) mass is 384 g/mol. The Balaban J connectivity index is 2.61. The number of esters is 1. The minimum atomic E-state index is -0.630. The summed E-state index contributed by atoms with van der Waals surface area (Å²) >= 11 is 3.14. The van der Waals surface area contributed by atoms with E-state index in [-0.39, 0.29) is 17.1 Å². The highest BCUT2D eigenvalue weighted by Gasteiger charge is 2.39. The van der Waals surface area contributed by atoms with Crippen molar-refractivity contribution < 1.29 is 18.7 Å². The summed E-state index contributed by atoms with van der Waals surface area (Å²) in [5, 5.41) is 0. The molecule has 0 aromatic heterocycles. The standard InChI is InChI=1S/C16H18BrFN2O3/c1-5-23-15(21)13-9(2)19(3)16(22)20(4)14(13)10-6-7-12(18)11(17)8-10/h6-8,14H,5H2,1-4H3/t14-/m0/s1. The van der Waals surface area contributed by atoms with E-state index in [2.05, 4.69) is 15.9 Å². The molecule has 1 aromatic rings. The number of hydrogen-bond donors (Lipinski definition) is 0. The number of hydrogen-bond acceptors (Lipinski definition) is 3. The average Bonchev–Trinajstić information content (AvgIpc) is 2.51. The van der Waals surface area contributed by atoms with Gasteiger partial charge >= 0.3 is 12.0 Å². The molecule has 7 heteroatoms. The van der Waals surface area contributed by atoms with Crippen molar-refractivity contribution in [1.29, 1.82) is 0 Å². The van der Waals surface area contributed by atoms with E-state index in [1.54, 1.807) is 40.1 Å². The van der Waals surface area contributed by atoms with Gasteiger partial charge in [0.2, 0.25) is 0 Å². The van der Waals surface area contributed by atoms with Gasteiger partial charge in [0.05, 0.1) is 22.7 Å². The van der Waals surface area contributed by atoms with Gasteiger partial charge in [0.25, 0.3) is 0 Å². The van der Waals surface area contributed by atoms with Gasteiger partial charge in [0.15, 0.2) is 0 Å². The third-order valence-corrected chi connectivity index (χ3v) is 4.50. The number of halogens is 2. The van der Waals surface area contributed by atoms with E-state index in [0.29, 0.717) is 16.8 Å². The van der Waals surface area contributed by atoms with E-state index in [4.69, 9.17) is 4.74 Å². The van der Waals surface area contributed by atoms with Crippen LogP contribution >= 0.6 is 15.9 Å². The maximum Gasteiger partial charge on any atom is 0.338 e. The molecule has 23 heavy (non-hydrogen) atoms. The number of nitrogens with zero attached hydrogens (tertiary/aromatic N) is 2. The minimum Gasteiger partial charge on any atom is -0.463 e. The van der Waals surface area contributed by atoms with Crippen LogP contribution in [0.25, 0.3) is 0 Å². The molecule has 0 fully saturated rings. The lowest BCUT2D eigenvalue weighted by Gasteiger charge is -2.39. The number of rotatable bonds is 3. The molecule has 1 aromatic carbocycles. The quantitative estimate of drug-likeness (QED) is 0.749. The molecule has 2 amide bonds. The van der Waals surface area contributed by atoms with E-state index in [1.165, 1.54) is 15.9 Å². The molecule has 0 saturated heterocycles. The SMILES string of the molecule is CCOC(=O)C1=C(C)N(C)C(=O)N(C)[C@H]1c1ccc(F)c(Br)c1. The van der Waals surface area contributed by atoms with Crippen LogP contribution < -0.4 is 0 Å². The second kappa shape index (κ2) is 6.70. The molecule has 2 rings (SSSR count). The van der Waals surface area contributed by atoms with Crippen molar-refractivity contribution in [3.63, 3.8) is 0 Å². The van der Waals surface area contributed by atoms with Crippen LogP contribution in [0.3, 0.4) is 0 Å². The Bertz CT molecular complexity index is 690. The van der Waals surface area contributed by atoms with Crippen LogP contribution in [-0.2, 0) is 9.53 Å². The second-order valence-corrected chi connectivity index (χ2v) is 6.10. The molecule has 1 aliphatic rings. The molecule has 0 unspecified atom stereocenters. The van der Waals surface area contributed by atoms with Crippen LogP contribution in [0.15, 0.2) is 33.9 Å². The summed E-state index contributed by atoms with van der Waals surface area (Å²) in [6.07, 6.45) is 0. The van der Waals surface area contributed by atoms with Crippen molar-refractivity contribution in [2.75, 3.05) is 20.7 Å². The molecule has 0 saturated carbocycles. The summed E-state index contributed by atoms with van der Waals surface area (Å²) < 4.78 is 18.9. The van der Waals surface area contributed by atoms with Crippen molar-refractivity contribution in [2.24, 2.45) is 0 Å². The largest absolute Gasteiger partial charge is 0.463 e. The molecule has 0 radical (unpaired) electrons. The minimum absolute atomic E-state index is 0.233. The first-order valence-corrected chi connectivity index (χ1v) is 7.92. The van der Waals surface area contributed by atoms with Gasteiger partial charge in [0.1, 0.15) is 5.82 Å². The fourth-order valence-electron chi connectivity index (χ4n) is 2.60. The molecular weight excluding hydrogens is 367 g/mol. The number of urea groups is 1. The van der Waals surface area contributed by atoms with Crippen molar-refractivity contribution in [2.45, 2.75) is 19.9 Å². The lowest BCUT2D eigenvalue weighted by molar-refractivity contribution is -0.139. The van der Waals surface area contributed by atoms with Gasteiger partial charge < -0.3 is 14.5 Å². The van der Waals surface area contributed by atoms with Crippen LogP contribution in [0, 0.1) is 5.82 Å². The lowest BCUT2D eigenvalue weighted by Crippen LogP contribution is -2.47. The second-order valence-electron chi connectivity index (χ2n) is 5.25. The van der Waals surface area contributed by atoms with Crippen LogP contribution in [0.2, 0.25) is 0 Å². The fourth-order valence-corrected chi connectivity index (χ4v) is 3.00. The van der Waals surface area contributed by atoms with Crippen molar-refractivity contribution in [3.8, 4) is 0 Å². The predicted molar refractivity (Wildman–Crippen MR) is 87.1 cm³/mol. The summed E-state index contributed by atoms with van der Waals surface area (Å²) in [5.41, 5.74) is 1.52. The Morgan fingerprint density at radius 2 is 2.04 bits per heavy atom. The zero-order chi connectivity index (χ0) is 17.3. The van der Waals surface area contributed by atoms with Gasteiger partial charge in [-0.3, -0.25) is 0 Å². The highest BCUT2D eigenvalue weighted by molar-refractivity contribution is 9.10. The maximum atomic E-state index is 13.5. The van der Waals surface area contributed by atoms with Gasteiger partial charge in [-0.15, -0.1) is 0 Å². The van der Waals surface area contributed by atoms with E-state index in [1.807, 2.05) is 0 Å². The Morgan fingerprint density at radius 1 is 1.39 bits per heavy atom. The molecule has 0 bridgehead atoms. The first kappa shape index (κ1) is 17.5. The van der Waals surface area contributed by atoms with Crippen LogP contribution in [0.1, 0.15) is 25.5 Å². The van der Waals surface area contributed by atoms with Crippen molar-refractivity contribution in [3.05, 3.63) is 45.3 Å². The summed E-state index contributed by atoms with van der Waals surface area (Å²) in [6.45, 7) is 3.65. The zero-order valence-electron chi connectivity index (χ0n) is 13.4. The molecule has 1 aliphatic heterocycles. The van der Waals surface area contributed by atoms with Gasteiger partial charge in [-0.1, -0.05) is 6.07 Å². The normalized spacial score (nSPS) is 18.5. The zero-order valence-corrected chi connectivity index (χ0v) is 15.0. The number of benzene rings is 1. The lowest BCUT2D eigenvalue weighted by atomic mass is 9.93. The highest BCUT2D eigenvalue weighted by atomic mass is 79.9. The first-order chi connectivity index (χ1) is 10.8. The number of ether oxygens (including phenoxy) is 1. The molecule has 0 spiro atoms. The van der Waals surface area contributed by atoms with Gasteiger partial charge in [-0.2, -0.15) is 0 Å². The van der Waals surface area contributed by atoms with Crippen LogP contribution in [0.5, 0.6) is 0 Å². The maximum absolute atomic E-state index is 13.5. The van der Waals surface area contributed by atoms with Gasteiger partial charge in [-0.05, 0) is 47.5 Å². The Labute approximate surface area is 142 Å². The van der Waals surface area contributed by atoms with Crippen LogP contribution in [-0.4, -0.2) is 42.5 Å². The smallest absolute Gasteiger partial charge is 0.338 e. The number of amides is 2. The molecule has 124 valence electrons. The summed E-state index contributed by atoms with van der Waals surface area (Å²) in [4.78, 5) is 27.6. The number of carbonyl (C=O) groups is 2. The number of carbonyl (C=O) groups excluding carboxylic acids is 2. The third-order valence-electron chi connectivity index (χ3n) is 3.90. The summed E-state index contributed by atoms with van der Waals surface area (Å²) in [5.74, 6) is -0.893. The Hall–Kier alpha value is -1.89. The topological polar surface area (TPSA) is 49.9 Å². The summed E-state index contributed by atoms with van der Waals surface area (Å²) in [7, 11) is 3.20. The molecular formula is C16H18BrFN2O3. The Morgan fingerprint density at radius 3 is 2.61 bits per heavy atom. The van der Waals surface area contributed by atoms with Crippen LogP contribution in [0.4, 0.5) is 9.18 Å². The predicted octanol–water partition coefficient (Wildman–Crippen LogP) is 3.46. The molecule has 1 atom stereocenters. The molecule has 5 nitrogen and oxygen atoms in total. The fraction of sp³-hybridized carbons (Fsp3) is 0.375. The first-order valence-electron chi connectivity index (χ1n) is 7.12. The average molecular weight is 385 g/mol. The van der Waals surface area contributed by atoms with E-state index < -0.39 is 17.8 Å². The van der Waals surface area contributed by atoms with Gasteiger partial charge in [-0.25, -0.2) is 14.0 Å². The molecule has 1 heterocycles. The van der Waals surface area contributed by atoms with Gasteiger partial charge in [0, 0.05) is 19.8 Å². The van der Waals surface area contributed by atoms with Crippen molar-refractivity contribution >= 4 is 27.9 Å². The molecule has 0 aliphatic carbocycles. The van der Waals surface area contributed by atoms with E-state index in [0.717, 1.165) is 0 Å². The number of allylic oxidation sites excluding steroid dienone is 1.